The molecule has 0 aromatic rings. The van der Waals surface area contributed by atoms with E-state index in [4.69, 9.17) is 14.2 Å². The van der Waals surface area contributed by atoms with Crippen LogP contribution in [0.15, 0.2) is 23.8 Å². The van der Waals surface area contributed by atoms with Crippen molar-refractivity contribution in [1.82, 2.24) is 9.80 Å². The van der Waals surface area contributed by atoms with Gasteiger partial charge in [-0.1, -0.05) is 65.7 Å². The lowest BCUT2D eigenvalue weighted by Gasteiger charge is -2.47. The van der Waals surface area contributed by atoms with Crippen LogP contribution in [0.1, 0.15) is 100 Å². The lowest BCUT2D eigenvalue weighted by Crippen LogP contribution is -2.63. The third kappa shape index (κ3) is 11.9. The van der Waals surface area contributed by atoms with Crippen molar-refractivity contribution < 1.29 is 39.1 Å². The van der Waals surface area contributed by atoms with Gasteiger partial charge in [0, 0.05) is 30.8 Å². The third-order valence-electron chi connectivity index (χ3n) is 11.3. The van der Waals surface area contributed by atoms with Gasteiger partial charge in [-0.15, -0.1) is 0 Å². The fraction of sp³-hybridized carbons (Fsp3) is 0.850. The Labute approximate surface area is 302 Å². The molecule has 10 nitrogen and oxygen atoms in total. The Kier molecular flexibility index (Phi) is 17.1. The number of piperidine rings is 1. The molecule has 0 saturated carbocycles. The minimum Gasteiger partial charge on any atom is -0.462 e. The highest BCUT2D eigenvalue weighted by atomic mass is 16.7. The summed E-state index contributed by atoms with van der Waals surface area (Å²) in [6, 6.07) is -0.635. The predicted octanol–water partition coefficient (Wildman–Crippen LogP) is 4.99. The molecule has 50 heavy (non-hydrogen) atoms. The van der Waals surface area contributed by atoms with Crippen LogP contribution in [-0.2, 0) is 23.8 Å². The summed E-state index contributed by atoms with van der Waals surface area (Å²) >= 11 is 0. The number of cyclic esters (lactones) is 1. The smallest absolute Gasteiger partial charge is 0.308 e. The highest BCUT2D eigenvalue weighted by Crippen LogP contribution is 2.35. The fourth-order valence-electron chi connectivity index (χ4n) is 8.61. The zero-order chi connectivity index (χ0) is 37.3. The van der Waals surface area contributed by atoms with Crippen LogP contribution in [0.5, 0.6) is 0 Å². The number of nitrogens with zero attached hydrogens (tertiary/aromatic N) is 2. The number of allylic oxidation sites excluding steroid dienone is 3. The largest absolute Gasteiger partial charge is 0.462 e. The first-order valence-electron chi connectivity index (χ1n) is 19.4. The Morgan fingerprint density at radius 2 is 1.60 bits per heavy atom. The molecule has 0 radical (unpaired) electrons. The lowest BCUT2D eigenvalue weighted by molar-refractivity contribution is -0.304. The van der Waals surface area contributed by atoms with Crippen LogP contribution in [0, 0.1) is 35.5 Å². The number of carbonyl (C=O) groups is 2. The monoisotopic (exact) mass is 707 g/mol. The maximum Gasteiger partial charge on any atom is 0.308 e. The molecule has 10 heteroatoms. The number of rotatable bonds is 9. The molecule has 0 aliphatic carbocycles. The first-order chi connectivity index (χ1) is 23.6. The highest BCUT2D eigenvalue weighted by molar-refractivity contribution is 5.91. The number of ether oxygens (including phenoxy) is 3. The number of aliphatic hydroxyl groups excluding tert-OH is 3. The van der Waals surface area contributed by atoms with Gasteiger partial charge in [0.2, 0.25) is 0 Å². The Morgan fingerprint density at radius 1 is 0.940 bits per heavy atom. The molecule has 288 valence electrons. The first-order valence-corrected chi connectivity index (χ1v) is 19.4. The van der Waals surface area contributed by atoms with Gasteiger partial charge in [-0.25, -0.2) is 0 Å². The molecular weight excluding hydrogens is 636 g/mol. The molecule has 2 fully saturated rings. The third-order valence-corrected chi connectivity index (χ3v) is 11.3. The summed E-state index contributed by atoms with van der Waals surface area (Å²) in [5.74, 6) is -0.398. The van der Waals surface area contributed by atoms with Crippen LogP contribution in [-0.4, -0.2) is 120 Å². The van der Waals surface area contributed by atoms with Crippen LogP contribution >= 0.6 is 0 Å². The lowest BCUT2D eigenvalue weighted by atomic mass is 9.79. The van der Waals surface area contributed by atoms with Gasteiger partial charge in [0.25, 0.3) is 0 Å². The standard InChI is InChI=1S/C40H70N2O8/c1-11-13-30-19-24(3)14-15-32(43)27(6)20-31(16-17-42-22-25(4)18-26(5)23-42)39(28(7)33(44)21-35(45)49-34(30)12-2)50-40-38(47)36(41(9)10)37(46)29(8)48-40/h14-15,19,25-31,33-34,36-40,44,46-47H,11-13,16-18,20-23H2,1-10H3/b15-14+,24-19+/t25-,26+,27-,28+,29?,30+,31+,33-,34?,36?,37?,38?,39-,40?/m1/s1. The normalized spacial score (nSPS) is 42.2. The van der Waals surface area contributed by atoms with Gasteiger partial charge in [-0.05, 0) is 90.4 Å². The van der Waals surface area contributed by atoms with E-state index < -0.39 is 54.7 Å². The number of hydrogen-bond acceptors (Lipinski definition) is 10. The van der Waals surface area contributed by atoms with E-state index in [2.05, 4.69) is 31.7 Å². The van der Waals surface area contributed by atoms with E-state index in [1.807, 2.05) is 33.8 Å². The van der Waals surface area contributed by atoms with E-state index in [0.717, 1.165) is 38.0 Å². The van der Waals surface area contributed by atoms with Gasteiger partial charge < -0.3 is 39.3 Å². The molecule has 3 aliphatic rings. The number of likely N-dealkylation sites (tertiary alicyclic amines) is 1. The Balaban J connectivity index is 2.05. The summed E-state index contributed by atoms with van der Waals surface area (Å²) in [7, 11) is 3.60. The van der Waals surface area contributed by atoms with Crippen LogP contribution in [0.3, 0.4) is 0 Å². The Hall–Kier alpha value is -1.66. The van der Waals surface area contributed by atoms with Gasteiger partial charge in [0.1, 0.15) is 12.2 Å². The number of aliphatic hydroxyl groups is 3. The number of likely N-dealkylation sites (N-methyl/N-ethyl adjacent to an activating group) is 1. The van der Waals surface area contributed by atoms with Crippen LogP contribution in [0.4, 0.5) is 0 Å². The molecule has 6 unspecified atom stereocenters. The molecule has 0 bridgehead atoms. The summed E-state index contributed by atoms with van der Waals surface area (Å²) in [5.41, 5.74) is 0.945. The molecular formula is C40H70N2O8. The summed E-state index contributed by atoms with van der Waals surface area (Å²) in [4.78, 5) is 31.4. The molecule has 2 saturated heterocycles. The topological polar surface area (TPSA) is 129 Å². The molecule has 0 aromatic heterocycles. The number of carbonyl (C=O) groups excluding carboxylic acids is 2. The Morgan fingerprint density at radius 3 is 2.20 bits per heavy atom. The second-order valence-electron chi connectivity index (χ2n) is 16.3. The first kappa shape index (κ1) is 42.8. The van der Waals surface area contributed by atoms with Crippen molar-refractivity contribution in [3.05, 3.63) is 23.8 Å². The van der Waals surface area contributed by atoms with Crippen molar-refractivity contribution in [2.75, 3.05) is 33.7 Å². The van der Waals surface area contributed by atoms with Crippen LogP contribution in [0.2, 0.25) is 0 Å². The van der Waals surface area contributed by atoms with Gasteiger partial charge in [0.05, 0.1) is 36.9 Å². The van der Waals surface area contributed by atoms with Crippen LogP contribution < -0.4 is 0 Å². The van der Waals surface area contributed by atoms with Gasteiger partial charge in [0.15, 0.2) is 12.1 Å². The minimum atomic E-state index is -1.17. The van der Waals surface area contributed by atoms with E-state index in [0.29, 0.717) is 31.1 Å². The summed E-state index contributed by atoms with van der Waals surface area (Å²) in [6.07, 6.45) is 4.25. The maximum atomic E-state index is 13.7. The van der Waals surface area contributed by atoms with E-state index >= 15 is 0 Å². The number of ketones is 1. The van der Waals surface area contributed by atoms with E-state index in [1.54, 1.807) is 32.0 Å². The van der Waals surface area contributed by atoms with E-state index in [1.165, 1.54) is 6.42 Å². The van der Waals surface area contributed by atoms with Crippen molar-refractivity contribution in [1.29, 1.82) is 0 Å². The SMILES string of the molecule is CCC[C@H]1/C=C(C)/C=C/C(=O)[C@H](C)C[C@H](CCN2C[C@H](C)C[C@H](C)C2)[C@H](OC2OC(C)C(O)C(N(C)C)C2O)[C@@H](C)[C@H](O)CC(=O)OC1CC. The fourth-order valence-corrected chi connectivity index (χ4v) is 8.61. The molecule has 3 heterocycles. The average molecular weight is 707 g/mol. The molecule has 3 aliphatic heterocycles. The molecule has 0 aromatic carbocycles. The summed E-state index contributed by atoms with van der Waals surface area (Å²) in [6.45, 7) is 19.0. The summed E-state index contributed by atoms with van der Waals surface area (Å²) < 4.78 is 18.9. The second kappa shape index (κ2) is 20.0. The van der Waals surface area contributed by atoms with Gasteiger partial charge in [-0.3, -0.25) is 9.59 Å². The van der Waals surface area contributed by atoms with Gasteiger partial charge >= 0.3 is 5.97 Å². The second-order valence-corrected chi connectivity index (χ2v) is 16.3. The van der Waals surface area contributed by atoms with Crippen molar-refractivity contribution in [2.24, 2.45) is 35.5 Å². The van der Waals surface area contributed by atoms with Crippen molar-refractivity contribution in [3.8, 4) is 0 Å². The molecule has 3 N–H and O–H groups in total. The molecule has 0 spiro atoms. The zero-order valence-corrected chi connectivity index (χ0v) is 32.7. The predicted molar refractivity (Wildman–Crippen MR) is 196 cm³/mol. The average Bonchev–Trinajstić information content (AvgIpc) is 3.04. The highest BCUT2D eigenvalue weighted by Gasteiger charge is 2.47. The summed E-state index contributed by atoms with van der Waals surface area (Å²) in [5, 5.41) is 34.1. The zero-order valence-electron chi connectivity index (χ0n) is 32.7. The molecule has 14 atom stereocenters. The van der Waals surface area contributed by atoms with Crippen molar-refractivity contribution in [3.63, 3.8) is 0 Å². The molecule has 0 amide bonds. The quantitative estimate of drug-likeness (QED) is 0.282. The van der Waals surface area contributed by atoms with Crippen molar-refractivity contribution >= 4 is 11.8 Å². The van der Waals surface area contributed by atoms with Crippen molar-refractivity contribution in [2.45, 2.75) is 149 Å². The number of hydrogen-bond donors (Lipinski definition) is 3. The van der Waals surface area contributed by atoms with Gasteiger partial charge in [-0.2, -0.15) is 0 Å². The van der Waals surface area contributed by atoms with E-state index in [-0.39, 0.29) is 36.1 Å². The van der Waals surface area contributed by atoms with E-state index in [9.17, 15) is 24.9 Å². The molecule has 3 rings (SSSR count). The minimum absolute atomic E-state index is 0.0128. The maximum absolute atomic E-state index is 13.7. The number of esters is 1. The van der Waals surface area contributed by atoms with Crippen LogP contribution in [0.25, 0.3) is 0 Å². The Bertz CT molecular complexity index is 1120.